The van der Waals surface area contributed by atoms with Gasteiger partial charge in [0.1, 0.15) is 12.4 Å². The van der Waals surface area contributed by atoms with E-state index in [1.165, 1.54) is 5.56 Å². The molecule has 2 aromatic rings. The van der Waals surface area contributed by atoms with Crippen LogP contribution in [0.3, 0.4) is 0 Å². The minimum absolute atomic E-state index is 0.122. The molecule has 0 unspecified atom stereocenters. The SMILES string of the molecule is COc1cc2c(cc1OC)[C@H](COc1cc(C)cc(C)c1)N(C(=O)C(C)(C)C)CC2. The second-order valence-corrected chi connectivity index (χ2v) is 9.05. The molecule has 162 valence electrons. The maximum atomic E-state index is 13.3. The summed E-state index contributed by atoms with van der Waals surface area (Å²) in [6.45, 7) is 11.0. The molecule has 0 saturated heterocycles. The van der Waals surface area contributed by atoms with Gasteiger partial charge in [0.25, 0.3) is 0 Å². The highest BCUT2D eigenvalue weighted by Crippen LogP contribution is 2.39. The van der Waals surface area contributed by atoms with Gasteiger partial charge >= 0.3 is 0 Å². The molecule has 0 radical (unpaired) electrons. The third-order valence-corrected chi connectivity index (χ3v) is 5.51. The molecule has 30 heavy (non-hydrogen) atoms. The van der Waals surface area contributed by atoms with Gasteiger partial charge in [0.15, 0.2) is 11.5 Å². The normalized spacial score (nSPS) is 16.1. The molecule has 1 aliphatic heterocycles. The van der Waals surface area contributed by atoms with Crippen LogP contribution in [-0.2, 0) is 11.2 Å². The lowest BCUT2D eigenvalue weighted by molar-refractivity contribution is -0.143. The Bertz CT molecular complexity index is 909. The van der Waals surface area contributed by atoms with Gasteiger partial charge in [0.05, 0.1) is 20.3 Å². The quantitative estimate of drug-likeness (QED) is 0.704. The molecule has 0 bridgehead atoms. The Balaban J connectivity index is 1.99. The summed E-state index contributed by atoms with van der Waals surface area (Å²) in [5.74, 6) is 2.32. The van der Waals surface area contributed by atoms with Crippen molar-refractivity contribution in [1.82, 2.24) is 4.90 Å². The fourth-order valence-electron chi connectivity index (χ4n) is 4.07. The minimum Gasteiger partial charge on any atom is -0.493 e. The van der Waals surface area contributed by atoms with E-state index in [0.29, 0.717) is 24.7 Å². The number of ether oxygens (including phenoxy) is 3. The summed E-state index contributed by atoms with van der Waals surface area (Å²) < 4.78 is 17.2. The van der Waals surface area contributed by atoms with E-state index in [1.807, 2.05) is 49.9 Å². The zero-order valence-corrected chi connectivity index (χ0v) is 19.2. The summed E-state index contributed by atoms with van der Waals surface area (Å²) in [6.07, 6.45) is 0.775. The Hall–Kier alpha value is -2.69. The largest absolute Gasteiger partial charge is 0.493 e. The van der Waals surface area contributed by atoms with E-state index in [2.05, 4.69) is 19.9 Å². The van der Waals surface area contributed by atoms with Gasteiger partial charge in [-0.25, -0.2) is 0 Å². The van der Waals surface area contributed by atoms with Crippen LogP contribution in [0.25, 0.3) is 0 Å². The van der Waals surface area contributed by atoms with Gasteiger partial charge in [-0.2, -0.15) is 0 Å². The highest BCUT2D eigenvalue weighted by Gasteiger charge is 2.37. The monoisotopic (exact) mass is 411 g/mol. The molecular weight excluding hydrogens is 378 g/mol. The van der Waals surface area contributed by atoms with Gasteiger partial charge in [0.2, 0.25) is 5.91 Å². The van der Waals surface area contributed by atoms with Crippen molar-refractivity contribution in [3.05, 3.63) is 52.6 Å². The van der Waals surface area contributed by atoms with Crippen molar-refractivity contribution in [3.63, 3.8) is 0 Å². The molecule has 1 atom stereocenters. The number of hydrogen-bond donors (Lipinski definition) is 0. The fourth-order valence-corrected chi connectivity index (χ4v) is 4.07. The van der Waals surface area contributed by atoms with E-state index in [9.17, 15) is 4.79 Å². The Morgan fingerprint density at radius 2 is 1.60 bits per heavy atom. The third kappa shape index (κ3) is 4.55. The summed E-state index contributed by atoms with van der Waals surface area (Å²) in [5, 5.41) is 0. The van der Waals surface area contributed by atoms with Crippen LogP contribution in [0.4, 0.5) is 0 Å². The zero-order valence-electron chi connectivity index (χ0n) is 19.2. The number of methoxy groups -OCH3 is 2. The highest BCUT2D eigenvalue weighted by atomic mass is 16.5. The predicted octanol–water partition coefficient (Wildman–Crippen LogP) is 4.87. The van der Waals surface area contributed by atoms with Crippen molar-refractivity contribution in [3.8, 4) is 17.2 Å². The van der Waals surface area contributed by atoms with Gasteiger partial charge < -0.3 is 19.1 Å². The van der Waals surface area contributed by atoms with Crippen molar-refractivity contribution in [2.24, 2.45) is 5.41 Å². The number of amides is 1. The average molecular weight is 412 g/mol. The van der Waals surface area contributed by atoms with Gasteiger partial charge in [0, 0.05) is 12.0 Å². The van der Waals surface area contributed by atoms with Crippen LogP contribution < -0.4 is 14.2 Å². The second kappa shape index (κ2) is 8.58. The molecule has 2 aromatic carbocycles. The molecule has 3 rings (SSSR count). The first-order chi connectivity index (χ1) is 14.1. The van der Waals surface area contributed by atoms with Crippen LogP contribution in [0.2, 0.25) is 0 Å². The van der Waals surface area contributed by atoms with Crippen molar-refractivity contribution >= 4 is 5.91 Å². The minimum atomic E-state index is -0.466. The van der Waals surface area contributed by atoms with Crippen molar-refractivity contribution in [2.75, 3.05) is 27.4 Å². The number of carbonyl (C=O) groups is 1. The summed E-state index contributed by atoms with van der Waals surface area (Å²) in [5.41, 5.74) is 4.07. The van der Waals surface area contributed by atoms with Gasteiger partial charge in [-0.1, -0.05) is 26.8 Å². The molecular formula is C25H33NO4. The van der Waals surface area contributed by atoms with Crippen LogP contribution in [-0.4, -0.2) is 38.2 Å². The summed E-state index contributed by atoms with van der Waals surface area (Å²) in [6, 6.07) is 10.0. The average Bonchev–Trinajstić information content (AvgIpc) is 2.68. The molecule has 5 heteroatoms. The topological polar surface area (TPSA) is 48.0 Å². The van der Waals surface area contributed by atoms with Crippen LogP contribution in [0.15, 0.2) is 30.3 Å². The van der Waals surface area contributed by atoms with Crippen LogP contribution in [0.5, 0.6) is 17.2 Å². The van der Waals surface area contributed by atoms with Crippen LogP contribution in [0.1, 0.15) is 49.1 Å². The fraction of sp³-hybridized carbons (Fsp3) is 0.480. The van der Waals surface area contributed by atoms with Gasteiger partial charge in [-0.05, 0) is 66.8 Å². The van der Waals surface area contributed by atoms with E-state index >= 15 is 0 Å². The first-order valence-corrected chi connectivity index (χ1v) is 10.4. The third-order valence-electron chi connectivity index (χ3n) is 5.51. The molecule has 0 spiro atoms. The smallest absolute Gasteiger partial charge is 0.228 e. The van der Waals surface area contributed by atoms with Crippen LogP contribution in [0, 0.1) is 19.3 Å². The maximum Gasteiger partial charge on any atom is 0.228 e. The van der Waals surface area contributed by atoms with Crippen molar-refractivity contribution in [1.29, 1.82) is 0 Å². The second-order valence-electron chi connectivity index (χ2n) is 9.05. The predicted molar refractivity (Wildman–Crippen MR) is 119 cm³/mol. The lowest BCUT2D eigenvalue weighted by Gasteiger charge is -2.40. The van der Waals surface area contributed by atoms with Crippen molar-refractivity contribution < 1.29 is 19.0 Å². The number of rotatable bonds is 5. The standard InChI is InChI=1S/C25H33NO4/c1-16-10-17(2)12-19(11-16)30-15-21-20-14-23(29-7)22(28-6)13-18(20)8-9-26(21)24(27)25(3,4)5/h10-14,21H,8-9,15H2,1-7H3/t21-/m0/s1. The van der Waals surface area contributed by atoms with E-state index < -0.39 is 5.41 Å². The molecule has 0 N–H and O–H groups in total. The van der Waals surface area contributed by atoms with Crippen LogP contribution >= 0.6 is 0 Å². The molecule has 0 aliphatic carbocycles. The number of fused-ring (bicyclic) bond motifs is 1. The maximum absolute atomic E-state index is 13.3. The lowest BCUT2D eigenvalue weighted by atomic mass is 9.88. The number of aryl methyl sites for hydroxylation is 2. The number of benzene rings is 2. The molecule has 1 aliphatic rings. The highest BCUT2D eigenvalue weighted by molar-refractivity contribution is 5.82. The van der Waals surface area contributed by atoms with Crippen molar-refractivity contribution in [2.45, 2.75) is 47.1 Å². The number of hydrogen-bond acceptors (Lipinski definition) is 4. The van der Waals surface area contributed by atoms with E-state index in [0.717, 1.165) is 28.9 Å². The Kier molecular flexibility index (Phi) is 6.30. The van der Waals surface area contributed by atoms with Gasteiger partial charge in [-0.3, -0.25) is 4.79 Å². The number of carbonyl (C=O) groups excluding carboxylic acids is 1. The molecule has 5 nitrogen and oxygen atoms in total. The molecule has 1 heterocycles. The summed E-state index contributed by atoms with van der Waals surface area (Å²) in [4.78, 5) is 15.2. The molecule has 0 saturated carbocycles. The lowest BCUT2D eigenvalue weighted by Crippen LogP contribution is -2.47. The zero-order chi connectivity index (χ0) is 22.1. The summed E-state index contributed by atoms with van der Waals surface area (Å²) >= 11 is 0. The number of nitrogens with zero attached hydrogens (tertiary/aromatic N) is 1. The molecule has 1 amide bonds. The Morgan fingerprint density at radius 3 is 2.17 bits per heavy atom. The van der Waals surface area contributed by atoms with Gasteiger partial charge in [-0.15, -0.1) is 0 Å². The Morgan fingerprint density at radius 1 is 1.00 bits per heavy atom. The van der Waals surface area contributed by atoms with E-state index in [-0.39, 0.29) is 11.9 Å². The molecule has 0 aromatic heterocycles. The first-order valence-electron chi connectivity index (χ1n) is 10.4. The summed E-state index contributed by atoms with van der Waals surface area (Å²) in [7, 11) is 3.27. The molecule has 0 fully saturated rings. The van der Waals surface area contributed by atoms with E-state index in [4.69, 9.17) is 14.2 Å². The van der Waals surface area contributed by atoms with E-state index in [1.54, 1.807) is 14.2 Å². The first kappa shape index (κ1) is 22.0. The Labute approximate surface area is 179 Å².